The van der Waals surface area contributed by atoms with Gasteiger partial charge in [0.1, 0.15) is 24.2 Å². The number of aromatic amines is 1. The number of benzene rings is 2. The van der Waals surface area contributed by atoms with Gasteiger partial charge in [-0.05, 0) is 29.8 Å². The van der Waals surface area contributed by atoms with E-state index in [1.165, 1.54) is 4.90 Å². The van der Waals surface area contributed by atoms with E-state index in [0.29, 0.717) is 29.2 Å². The van der Waals surface area contributed by atoms with Gasteiger partial charge in [0.05, 0.1) is 5.69 Å². The van der Waals surface area contributed by atoms with Gasteiger partial charge in [-0.3, -0.25) is 14.7 Å². The van der Waals surface area contributed by atoms with Crippen LogP contribution in [-0.2, 0) is 16.0 Å². The van der Waals surface area contributed by atoms with E-state index in [1.807, 2.05) is 6.07 Å². The number of hydrogen-bond acceptors (Lipinski definition) is 6. The van der Waals surface area contributed by atoms with Gasteiger partial charge in [0.25, 0.3) is 11.8 Å². The second kappa shape index (κ2) is 9.23. The molecule has 10 nitrogen and oxygen atoms in total. The molecule has 0 aliphatic carbocycles. The van der Waals surface area contributed by atoms with Crippen LogP contribution in [0.25, 0.3) is 0 Å². The van der Waals surface area contributed by atoms with Crippen molar-refractivity contribution in [3.8, 4) is 17.6 Å². The number of H-pyrrole nitrogens is 1. The standard InChI is InChI=1S/C23H19N5O5/c1-28-17-4-2-3-5-18(17)33-13-16(23(28)32)24-22(31)21-25-19(26-27-21)12-15-8-6-14(7-9-15)10-11-20(29)30/h2-9,16H,12-13H2,1H3,(H,24,31)(H,29,30)(H,25,26,27)/t16-/m0/s1. The highest BCUT2D eigenvalue weighted by Gasteiger charge is 2.31. The molecule has 0 unspecified atom stereocenters. The average molecular weight is 445 g/mol. The van der Waals surface area contributed by atoms with Crippen molar-refractivity contribution in [2.24, 2.45) is 0 Å². The smallest absolute Gasteiger partial charge is 0.382 e. The van der Waals surface area contributed by atoms with Crippen LogP contribution >= 0.6 is 0 Å². The van der Waals surface area contributed by atoms with Crippen molar-refractivity contribution in [1.82, 2.24) is 20.5 Å². The molecule has 0 bridgehead atoms. The molecular weight excluding hydrogens is 426 g/mol. The quantitative estimate of drug-likeness (QED) is 0.509. The highest BCUT2D eigenvalue weighted by atomic mass is 16.5. The van der Waals surface area contributed by atoms with Crippen LogP contribution in [0.5, 0.6) is 5.75 Å². The zero-order valence-electron chi connectivity index (χ0n) is 17.5. The Bertz CT molecular complexity index is 1270. The van der Waals surface area contributed by atoms with Crippen LogP contribution in [0, 0.1) is 11.8 Å². The summed E-state index contributed by atoms with van der Waals surface area (Å²) in [7, 11) is 1.62. The molecule has 0 saturated carbocycles. The molecule has 1 aliphatic rings. The number of anilines is 1. The highest BCUT2D eigenvalue weighted by molar-refractivity contribution is 6.02. The van der Waals surface area contributed by atoms with E-state index in [-0.39, 0.29) is 18.3 Å². The van der Waals surface area contributed by atoms with E-state index in [0.717, 1.165) is 5.56 Å². The molecular formula is C23H19N5O5. The lowest BCUT2D eigenvalue weighted by Crippen LogP contribution is -2.49. The Morgan fingerprint density at radius 3 is 2.76 bits per heavy atom. The van der Waals surface area contributed by atoms with E-state index < -0.39 is 17.9 Å². The number of ether oxygens (including phenoxy) is 1. The van der Waals surface area contributed by atoms with Gasteiger partial charge in [0.15, 0.2) is 0 Å². The number of para-hydroxylation sites is 2. The normalized spacial score (nSPS) is 14.9. The number of aromatic nitrogens is 3. The molecule has 33 heavy (non-hydrogen) atoms. The van der Waals surface area contributed by atoms with Gasteiger partial charge in [0.2, 0.25) is 5.82 Å². The molecule has 3 N–H and O–H groups in total. The van der Waals surface area contributed by atoms with Gasteiger partial charge in [-0.15, -0.1) is 5.10 Å². The zero-order valence-corrected chi connectivity index (χ0v) is 17.5. The number of carboxylic acid groups (broad SMARTS) is 1. The molecule has 166 valence electrons. The number of amides is 2. The Labute approximate surface area is 188 Å². The van der Waals surface area contributed by atoms with E-state index >= 15 is 0 Å². The van der Waals surface area contributed by atoms with Crippen molar-refractivity contribution in [2.75, 3.05) is 18.6 Å². The maximum absolute atomic E-state index is 12.8. The second-order valence-corrected chi connectivity index (χ2v) is 7.24. The van der Waals surface area contributed by atoms with E-state index in [9.17, 15) is 14.4 Å². The van der Waals surface area contributed by atoms with Gasteiger partial charge >= 0.3 is 5.97 Å². The lowest BCUT2D eigenvalue weighted by Gasteiger charge is -2.19. The topological polar surface area (TPSA) is 138 Å². The monoisotopic (exact) mass is 445 g/mol. The summed E-state index contributed by atoms with van der Waals surface area (Å²) in [6.07, 6.45) is 0.371. The van der Waals surface area contributed by atoms with E-state index in [1.54, 1.807) is 49.5 Å². The lowest BCUT2D eigenvalue weighted by atomic mass is 10.1. The predicted molar refractivity (Wildman–Crippen MR) is 117 cm³/mol. The number of likely N-dealkylation sites (N-methyl/N-ethyl adjacent to an activating group) is 1. The van der Waals surface area contributed by atoms with Crippen LogP contribution in [0.1, 0.15) is 27.6 Å². The van der Waals surface area contributed by atoms with Crippen molar-refractivity contribution >= 4 is 23.5 Å². The number of aliphatic carboxylic acids is 1. The number of fused-ring (bicyclic) bond motifs is 1. The van der Waals surface area contributed by atoms with Gasteiger partial charge in [-0.1, -0.05) is 30.2 Å². The first kappa shape index (κ1) is 21.6. The SMILES string of the molecule is CN1C(=O)[C@@H](NC(=O)c2n[nH]c(Cc3ccc(C#CC(=O)O)cc3)n2)COc2ccccc21. The molecule has 2 heterocycles. The van der Waals surface area contributed by atoms with Crippen LogP contribution in [0.3, 0.4) is 0 Å². The van der Waals surface area contributed by atoms with Gasteiger partial charge in [-0.2, -0.15) is 0 Å². The number of carboxylic acids is 1. The fourth-order valence-corrected chi connectivity index (χ4v) is 3.28. The lowest BCUT2D eigenvalue weighted by molar-refractivity contribution is -0.130. The van der Waals surface area contributed by atoms with Crippen molar-refractivity contribution in [3.63, 3.8) is 0 Å². The number of rotatable bonds is 4. The third kappa shape index (κ3) is 4.99. The van der Waals surface area contributed by atoms with Gasteiger partial charge in [0, 0.05) is 25.0 Å². The fraction of sp³-hybridized carbons (Fsp3) is 0.174. The Kier molecular flexibility index (Phi) is 6.04. The van der Waals surface area contributed by atoms with E-state index in [2.05, 4.69) is 32.3 Å². The summed E-state index contributed by atoms with van der Waals surface area (Å²) < 4.78 is 5.69. The van der Waals surface area contributed by atoms with Crippen molar-refractivity contribution in [1.29, 1.82) is 0 Å². The Hall–Kier alpha value is -4.65. The molecule has 3 aromatic rings. The molecule has 1 aromatic heterocycles. The van der Waals surface area contributed by atoms with Crippen molar-refractivity contribution < 1.29 is 24.2 Å². The van der Waals surface area contributed by atoms with Crippen LogP contribution in [0.2, 0.25) is 0 Å². The molecule has 2 amide bonds. The molecule has 0 fully saturated rings. The maximum Gasteiger partial charge on any atom is 0.382 e. The summed E-state index contributed by atoms with van der Waals surface area (Å²) in [6, 6.07) is 13.2. The number of nitrogens with one attached hydrogen (secondary N) is 2. The first-order chi connectivity index (χ1) is 15.9. The summed E-state index contributed by atoms with van der Waals surface area (Å²) in [5, 5.41) is 17.9. The third-order valence-corrected chi connectivity index (χ3v) is 4.94. The van der Waals surface area contributed by atoms with E-state index in [4.69, 9.17) is 9.84 Å². The molecule has 2 aromatic carbocycles. The van der Waals surface area contributed by atoms with Gasteiger partial charge in [-0.25, -0.2) is 9.78 Å². The largest absolute Gasteiger partial charge is 0.489 e. The summed E-state index contributed by atoms with van der Waals surface area (Å²) in [6.45, 7) is -0.0136. The van der Waals surface area contributed by atoms with Gasteiger partial charge < -0.3 is 20.1 Å². The van der Waals surface area contributed by atoms with Crippen LogP contribution in [-0.4, -0.2) is 57.8 Å². The molecule has 1 atom stereocenters. The Balaban J connectivity index is 1.40. The molecule has 0 spiro atoms. The molecule has 4 rings (SSSR count). The summed E-state index contributed by atoms with van der Waals surface area (Å²) >= 11 is 0. The molecule has 1 aliphatic heterocycles. The first-order valence-corrected chi connectivity index (χ1v) is 9.96. The summed E-state index contributed by atoms with van der Waals surface area (Å²) in [5.41, 5.74) is 2.06. The predicted octanol–water partition coefficient (Wildman–Crippen LogP) is 0.985. The minimum Gasteiger partial charge on any atom is -0.489 e. The van der Waals surface area contributed by atoms with Crippen molar-refractivity contribution in [2.45, 2.75) is 12.5 Å². The number of hydrogen-bond donors (Lipinski definition) is 3. The fourth-order valence-electron chi connectivity index (χ4n) is 3.28. The summed E-state index contributed by atoms with van der Waals surface area (Å²) in [5.74, 6) is 3.40. The van der Waals surface area contributed by atoms with Crippen LogP contribution < -0.4 is 15.0 Å². The first-order valence-electron chi connectivity index (χ1n) is 9.96. The van der Waals surface area contributed by atoms with Crippen molar-refractivity contribution in [3.05, 3.63) is 71.3 Å². The molecule has 0 radical (unpaired) electrons. The van der Waals surface area contributed by atoms with Crippen LogP contribution in [0.4, 0.5) is 5.69 Å². The molecule has 0 saturated heterocycles. The molecule has 10 heteroatoms. The minimum atomic E-state index is -1.19. The number of nitrogens with zero attached hydrogens (tertiary/aromatic N) is 3. The van der Waals surface area contributed by atoms with Crippen LogP contribution in [0.15, 0.2) is 48.5 Å². The second-order valence-electron chi connectivity index (χ2n) is 7.24. The Morgan fingerprint density at radius 1 is 1.24 bits per heavy atom. The zero-order chi connectivity index (χ0) is 23.4. The maximum atomic E-state index is 12.8. The number of carbonyl (C=O) groups is 3. The third-order valence-electron chi connectivity index (χ3n) is 4.94. The highest BCUT2D eigenvalue weighted by Crippen LogP contribution is 2.29. The Morgan fingerprint density at radius 2 is 2.00 bits per heavy atom. The minimum absolute atomic E-state index is 0.0136. The number of carbonyl (C=O) groups excluding carboxylic acids is 2. The average Bonchev–Trinajstić information content (AvgIpc) is 3.25. The summed E-state index contributed by atoms with van der Waals surface area (Å²) in [4.78, 5) is 41.6.